The standard InChI is InChI=1S/C24H27F3N6O5/c1-23(2)37-12-16(38-23)11-36-15-5-7-28-19(9-15)31-22(35)33-14-6-8-32(10-14)18-4-3-17(30-20(18)33)21(34)29-13-24(25,26)27/h3-5,7,9,14,16H,6,8,10-13H2,1-2H3,(H,29,34)(H,28,31,35)/t14-,16?/m0/s1. The second-order valence-electron chi connectivity index (χ2n) is 9.66. The number of carbonyl (C=O) groups excluding carboxylic acids is 2. The Morgan fingerprint density at radius 1 is 1.26 bits per heavy atom. The van der Waals surface area contributed by atoms with Gasteiger partial charge in [-0.05, 0) is 38.5 Å². The van der Waals surface area contributed by atoms with Crippen molar-refractivity contribution < 1.29 is 37.0 Å². The van der Waals surface area contributed by atoms with E-state index in [9.17, 15) is 22.8 Å². The van der Waals surface area contributed by atoms with Crippen LogP contribution in [0, 0.1) is 0 Å². The predicted octanol–water partition coefficient (Wildman–Crippen LogP) is 2.93. The van der Waals surface area contributed by atoms with Crippen molar-refractivity contribution >= 4 is 29.3 Å². The van der Waals surface area contributed by atoms with E-state index in [1.165, 1.54) is 17.2 Å². The van der Waals surface area contributed by atoms with Crippen LogP contribution in [-0.4, -0.2) is 78.9 Å². The van der Waals surface area contributed by atoms with E-state index in [1.807, 2.05) is 24.1 Å². The topological polar surface area (TPSA) is 118 Å². The first-order chi connectivity index (χ1) is 18.0. The summed E-state index contributed by atoms with van der Waals surface area (Å²) in [6, 6.07) is 5.40. The summed E-state index contributed by atoms with van der Waals surface area (Å²) in [7, 11) is 0. The highest BCUT2D eigenvalue weighted by Gasteiger charge is 2.41. The number of carbonyl (C=O) groups is 2. The van der Waals surface area contributed by atoms with E-state index in [0.29, 0.717) is 37.6 Å². The normalized spacial score (nSPS) is 21.7. The molecule has 2 atom stereocenters. The summed E-state index contributed by atoms with van der Waals surface area (Å²) in [5.41, 5.74) is 0.399. The number of alkyl halides is 3. The fourth-order valence-corrected chi connectivity index (χ4v) is 4.64. The molecule has 0 aliphatic carbocycles. The number of nitrogens with zero attached hydrogens (tertiary/aromatic N) is 4. The predicted molar refractivity (Wildman–Crippen MR) is 129 cm³/mol. The smallest absolute Gasteiger partial charge is 0.405 e. The molecule has 5 heterocycles. The molecule has 5 rings (SSSR count). The molecule has 2 saturated heterocycles. The second kappa shape index (κ2) is 9.91. The van der Waals surface area contributed by atoms with Crippen LogP contribution in [0.3, 0.4) is 0 Å². The van der Waals surface area contributed by atoms with Crippen LogP contribution < -0.4 is 25.2 Å². The molecule has 2 aromatic rings. The number of halogens is 3. The molecule has 0 spiro atoms. The van der Waals surface area contributed by atoms with Crippen molar-refractivity contribution in [3.05, 3.63) is 36.2 Å². The molecule has 1 unspecified atom stereocenters. The molecule has 38 heavy (non-hydrogen) atoms. The first kappa shape index (κ1) is 26.0. The van der Waals surface area contributed by atoms with Gasteiger partial charge in [0.15, 0.2) is 11.6 Å². The molecular formula is C24H27F3N6O5. The van der Waals surface area contributed by atoms with Crippen LogP contribution in [0.2, 0.25) is 0 Å². The lowest BCUT2D eigenvalue weighted by Gasteiger charge is -2.35. The molecule has 3 aliphatic heterocycles. The van der Waals surface area contributed by atoms with Gasteiger partial charge in [-0.1, -0.05) is 0 Å². The molecule has 2 N–H and O–H groups in total. The van der Waals surface area contributed by atoms with Gasteiger partial charge in [0.05, 0.1) is 18.3 Å². The third kappa shape index (κ3) is 5.75. The number of ether oxygens (including phenoxy) is 3. The number of anilines is 3. The maximum Gasteiger partial charge on any atom is 0.405 e. The fourth-order valence-electron chi connectivity index (χ4n) is 4.64. The van der Waals surface area contributed by atoms with Gasteiger partial charge in [-0.15, -0.1) is 0 Å². The van der Waals surface area contributed by atoms with Crippen LogP contribution in [0.1, 0.15) is 30.8 Å². The first-order valence-electron chi connectivity index (χ1n) is 12.1. The van der Waals surface area contributed by atoms with Gasteiger partial charge in [-0.2, -0.15) is 13.2 Å². The third-order valence-electron chi connectivity index (χ3n) is 6.32. The number of fused-ring (bicyclic) bond motifs is 4. The molecule has 3 aliphatic rings. The number of nitrogens with one attached hydrogen (secondary N) is 2. The molecule has 14 heteroatoms. The van der Waals surface area contributed by atoms with Gasteiger partial charge >= 0.3 is 12.2 Å². The summed E-state index contributed by atoms with van der Waals surface area (Å²) in [5, 5.41) is 4.55. The van der Waals surface area contributed by atoms with E-state index >= 15 is 0 Å². The van der Waals surface area contributed by atoms with Crippen molar-refractivity contribution in [2.75, 3.05) is 48.0 Å². The van der Waals surface area contributed by atoms with E-state index in [1.54, 1.807) is 18.2 Å². The maximum atomic E-state index is 13.4. The van der Waals surface area contributed by atoms with Crippen molar-refractivity contribution in [1.82, 2.24) is 15.3 Å². The minimum absolute atomic E-state index is 0.198. The Morgan fingerprint density at radius 2 is 2.08 bits per heavy atom. The van der Waals surface area contributed by atoms with Crippen LogP contribution in [0.4, 0.5) is 35.3 Å². The van der Waals surface area contributed by atoms with Gasteiger partial charge in [0.25, 0.3) is 5.91 Å². The van der Waals surface area contributed by atoms with E-state index < -0.39 is 30.4 Å². The van der Waals surface area contributed by atoms with Gasteiger partial charge in [0, 0.05) is 25.4 Å². The largest absolute Gasteiger partial charge is 0.491 e. The summed E-state index contributed by atoms with van der Waals surface area (Å²) in [6.45, 7) is 4.06. The summed E-state index contributed by atoms with van der Waals surface area (Å²) in [6.07, 6.45) is -2.64. The molecule has 0 radical (unpaired) electrons. The summed E-state index contributed by atoms with van der Waals surface area (Å²) in [4.78, 5) is 37.6. The molecule has 204 valence electrons. The van der Waals surface area contributed by atoms with E-state index in [0.717, 1.165) is 0 Å². The van der Waals surface area contributed by atoms with Crippen molar-refractivity contribution in [3.63, 3.8) is 0 Å². The van der Waals surface area contributed by atoms with E-state index in [4.69, 9.17) is 14.2 Å². The Hall–Kier alpha value is -3.65. The zero-order chi connectivity index (χ0) is 27.1. The number of pyridine rings is 2. The molecule has 3 amide bonds. The highest BCUT2D eigenvalue weighted by Crippen LogP contribution is 2.39. The highest BCUT2D eigenvalue weighted by atomic mass is 19.4. The minimum Gasteiger partial charge on any atom is -0.491 e. The number of urea groups is 1. The van der Waals surface area contributed by atoms with Gasteiger partial charge in [-0.25, -0.2) is 14.8 Å². The third-order valence-corrected chi connectivity index (χ3v) is 6.32. The quantitative estimate of drug-likeness (QED) is 0.579. The fraction of sp³-hybridized carbons (Fsp3) is 0.500. The number of hydrogen-bond acceptors (Lipinski definition) is 8. The molecule has 11 nitrogen and oxygen atoms in total. The van der Waals surface area contributed by atoms with Crippen molar-refractivity contribution in [3.8, 4) is 5.75 Å². The minimum atomic E-state index is -4.56. The van der Waals surface area contributed by atoms with Gasteiger partial charge in [-0.3, -0.25) is 15.0 Å². The zero-order valence-corrected chi connectivity index (χ0v) is 20.7. The van der Waals surface area contributed by atoms with Gasteiger partial charge in [0.1, 0.15) is 36.5 Å². The Labute approximate surface area is 216 Å². The lowest BCUT2D eigenvalue weighted by molar-refractivity contribution is -0.141. The number of aromatic nitrogens is 2. The van der Waals surface area contributed by atoms with Crippen LogP contribution in [0.25, 0.3) is 0 Å². The van der Waals surface area contributed by atoms with E-state index in [-0.39, 0.29) is 36.1 Å². The number of hydrogen-bond donors (Lipinski definition) is 2. The number of amides is 3. The van der Waals surface area contributed by atoms with Crippen molar-refractivity contribution in [2.45, 2.75) is 44.4 Å². The average molecular weight is 537 g/mol. The van der Waals surface area contributed by atoms with Gasteiger partial charge < -0.3 is 24.4 Å². The van der Waals surface area contributed by atoms with Crippen molar-refractivity contribution in [2.24, 2.45) is 0 Å². The highest BCUT2D eigenvalue weighted by molar-refractivity contribution is 6.05. The average Bonchev–Trinajstić information content (AvgIpc) is 3.44. The van der Waals surface area contributed by atoms with Gasteiger partial charge in [0.2, 0.25) is 0 Å². The van der Waals surface area contributed by atoms with Crippen LogP contribution in [0.15, 0.2) is 30.5 Å². The molecular weight excluding hydrogens is 509 g/mol. The summed E-state index contributed by atoms with van der Waals surface area (Å²) >= 11 is 0. The number of rotatable bonds is 6. The Morgan fingerprint density at radius 3 is 2.82 bits per heavy atom. The monoisotopic (exact) mass is 536 g/mol. The SMILES string of the molecule is CC1(C)OCC(COc2ccnc(NC(=O)N3c4nc(C(=O)NCC(F)(F)F)ccc4N4CC[C@H]3C4)c2)O1. The molecule has 0 saturated carbocycles. The Kier molecular flexibility index (Phi) is 6.77. The van der Waals surface area contributed by atoms with Crippen molar-refractivity contribution in [1.29, 1.82) is 0 Å². The zero-order valence-electron chi connectivity index (χ0n) is 20.7. The molecule has 2 fully saturated rings. The molecule has 2 aromatic heterocycles. The molecule has 0 aromatic carbocycles. The lowest BCUT2D eigenvalue weighted by atomic mass is 10.1. The summed E-state index contributed by atoms with van der Waals surface area (Å²) < 4.78 is 54.7. The van der Waals surface area contributed by atoms with Crippen LogP contribution in [-0.2, 0) is 9.47 Å². The summed E-state index contributed by atoms with van der Waals surface area (Å²) in [5.74, 6) is -0.748. The van der Waals surface area contributed by atoms with Crippen LogP contribution >= 0.6 is 0 Å². The Bertz CT molecular complexity index is 1230. The second-order valence-corrected chi connectivity index (χ2v) is 9.66. The Balaban J connectivity index is 1.30. The molecule has 2 bridgehead atoms. The maximum absolute atomic E-state index is 13.4. The lowest BCUT2D eigenvalue weighted by Crippen LogP contribution is -2.48. The van der Waals surface area contributed by atoms with E-state index in [2.05, 4.69) is 15.3 Å². The first-order valence-corrected chi connectivity index (χ1v) is 12.1. The van der Waals surface area contributed by atoms with Crippen LogP contribution in [0.5, 0.6) is 5.75 Å².